The summed E-state index contributed by atoms with van der Waals surface area (Å²) in [6, 6.07) is 15.4. The van der Waals surface area contributed by atoms with Gasteiger partial charge in [0.15, 0.2) is 0 Å². The van der Waals surface area contributed by atoms with Crippen LogP contribution in [0.2, 0.25) is 5.02 Å². The highest BCUT2D eigenvalue weighted by molar-refractivity contribution is 7.17. The van der Waals surface area contributed by atoms with E-state index in [4.69, 9.17) is 16.0 Å². The number of thiophene rings is 1. The van der Waals surface area contributed by atoms with Crippen molar-refractivity contribution in [3.8, 4) is 22.6 Å². The van der Waals surface area contributed by atoms with Gasteiger partial charge >= 0.3 is 5.63 Å². The van der Waals surface area contributed by atoms with Crippen molar-refractivity contribution in [3.63, 3.8) is 0 Å². The first-order valence-corrected chi connectivity index (χ1v) is 9.88. The monoisotopic (exact) mass is 395 g/mol. The summed E-state index contributed by atoms with van der Waals surface area (Å²) >= 11 is 7.40. The summed E-state index contributed by atoms with van der Waals surface area (Å²) < 4.78 is 5.56. The summed E-state index contributed by atoms with van der Waals surface area (Å²) in [6.07, 6.45) is 0. The average Bonchev–Trinajstić information content (AvgIpc) is 3.06. The fraction of sp³-hybridized carbons (Fsp3) is 0.182. The molecule has 4 rings (SSSR count). The van der Waals surface area contributed by atoms with Crippen LogP contribution in [0, 0.1) is 0 Å². The molecular weight excluding hydrogens is 378 g/mol. The number of aromatic nitrogens is 1. The lowest BCUT2D eigenvalue weighted by molar-refractivity contribution is 0.519. The van der Waals surface area contributed by atoms with E-state index in [9.17, 15) is 4.79 Å². The van der Waals surface area contributed by atoms with Crippen LogP contribution in [0.3, 0.4) is 0 Å². The van der Waals surface area contributed by atoms with Crippen molar-refractivity contribution < 1.29 is 4.42 Å². The normalized spacial score (nSPS) is 11.9. The van der Waals surface area contributed by atoms with Gasteiger partial charge in [0.05, 0.1) is 0 Å². The Balaban J connectivity index is 1.79. The van der Waals surface area contributed by atoms with Gasteiger partial charge in [0.25, 0.3) is 0 Å². The number of fused-ring (bicyclic) bond motifs is 1. The van der Waals surface area contributed by atoms with Crippen LogP contribution in [0.1, 0.15) is 26.3 Å². The minimum absolute atomic E-state index is 0.0674. The van der Waals surface area contributed by atoms with E-state index < -0.39 is 0 Å². The van der Waals surface area contributed by atoms with Crippen LogP contribution >= 0.6 is 22.9 Å². The Bertz CT molecular complexity index is 1170. The molecule has 0 amide bonds. The van der Waals surface area contributed by atoms with Crippen molar-refractivity contribution in [2.75, 3.05) is 0 Å². The van der Waals surface area contributed by atoms with Crippen LogP contribution in [0.25, 0.3) is 32.8 Å². The topological polar surface area (TPSA) is 43.1 Å². The van der Waals surface area contributed by atoms with E-state index in [0.29, 0.717) is 21.1 Å². The van der Waals surface area contributed by atoms with Crippen molar-refractivity contribution in [2.24, 2.45) is 0 Å². The molecule has 0 aliphatic carbocycles. The summed E-state index contributed by atoms with van der Waals surface area (Å²) in [5.41, 5.74) is 3.45. The highest BCUT2D eigenvalue weighted by Crippen LogP contribution is 2.33. The summed E-state index contributed by atoms with van der Waals surface area (Å²) in [7, 11) is 0. The third-order valence-corrected chi connectivity index (χ3v) is 5.65. The quantitative estimate of drug-likeness (QED) is 0.387. The van der Waals surface area contributed by atoms with Crippen molar-refractivity contribution >= 4 is 33.2 Å². The predicted octanol–water partition coefficient (Wildman–Crippen LogP) is 6.53. The number of hydrogen-bond acceptors (Lipinski definition) is 4. The number of nitrogens with zero attached hydrogens (tertiary/aromatic N) is 1. The third kappa shape index (κ3) is 3.43. The van der Waals surface area contributed by atoms with E-state index in [1.54, 1.807) is 12.1 Å². The van der Waals surface area contributed by atoms with E-state index in [0.717, 1.165) is 16.7 Å². The first-order chi connectivity index (χ1) is 12.8. The van der Waals surface area contributed by atoms with Crippen molar-refractivity contribution in [1.82, 2.24) is 4.98 Å². The second kappa shape index (κ2) is 6.63. The molecule has 0 N–H and O–H groups in total. The first-order valence-electron chi connectivity index (χ1n) is 8.62. The third-order valence-electron chi connectivity index (χ3n) is 4.52. The molecule has 0 spiro atoms. The lowest BCUT2D eigenvalue weighted by Crippen LogP contribution is -2.10. The van der Waals surface area contributed by atoms with E-state index in [-0.39, 0.29) is 11.0 Å². The molecule has 5 heteroatoms. The van der Waals surface area contributed by atoms with Gasteiger partial charge in [-0.05, 0) is 40.8 Å². The SMILES string of the molecule is CC(C)(C)c1ccc(-c2nc3scc(-c4ccc(Cl)cc4)c3c(=O)o2)cc1. The van der Waals surface area contributed by atoms with Crippen molar-refractivity contribution in [1.29, 1.82) is 0 Å². The summed E-state index contributed by atoms with van der Waals surface area (Å²) in [5.74, 6) is 0.345. The van der Waals surface area contributed by atoms with Gasteiger partial charge in [-0.2, -0.15) is 0 Å². The molecule has 2 aromatic carbocycles. The molecule has 0 aliphatic heterocycles. The van der Waals surface area contributed by atoms with E-state index >= 15 is 0 Å². The van der Waals surface area contributed by atoms with Crippen LogP contribution in [-0.2, 0) is 5.41 Å². The molecular formula is C22H18ClNO2S. The van der Waals surface area contributed by atoms with E-state index in [1.807, 2.05) is 29.6 Å². The smallest absolute Gasteiger partial charge is 0.348 e. The predicted molar refractivity (Wildman–Crippen MR) is 113 cm³/mol. The largest absolute Gasteiger partial charge is 0.403 e. The number of benzene rings is 2. The fourth-order valence-corrected chi connectivity index (χ4v) is 4.02. The maximum Gasteiger partial charge on any atom is 0.348 e. The minimum atomic E-state index is -0.374. The molecule has 0 radical (unpaired) electrons. The van der Waals surface area contributed by atoms with Crippen molar-refractivity contribution in [2.45, 2.75) is 26.2 Å². The molecule has 4 aromatic rings. The van der Waals surface area contributed by atoms with Crippen LogP contribution in [0.5, 0.6) is 0 Å². The molecule has 2 heterocycles. The molecule has 0 saturated heterocycles. The standard InChI is InChI=1S/C22H18ClNO2S/c1-22(2,3)15-8-4-14(5-9-15)19-24-20-18(21(25)26-19)17(12-27-20)13-6-10-16(23)11-7-13/h4-12H,1-3H3. The maximum atomic E-state index is 12.7. The Morgan fingerprint density at radius 1 is 0.963 bits per heavy atom. The zero-order valence-electron chi connectivity index (χ0n) is 15.2. The molecule has 27 heavy (non-hydrogen) atoms. The maximum absolute atomic E-state index is 12.7. The first kappa shape index (κ1) is 18.0. The van der Waals surface area contributed by atoms with Gasteiger partial charge in [-0.3, -0.25) is 0 Å². The van der Waals surface area contributed by atoms with Crippen molar-refractivity contribution in [3.05, 3.63) is 74.9 Å². The van der Waals surface area contributed by atoms with Crippen LogP contribution in [0.15, 0.2) is 63.1 Å². The van der Waals surface area contributed by atoms with Gasteiger partial charge in [0.1, 0.15) is 10.2 Å². The number of halogens is 1. The zero-order valence-corrected chi connectivity index (χ0v) is 16.8. The summed E-state index contributed by atoms with van der Waals surface area (Å²) in [5, 5.41) is 3.10. The minimum Gasteiger partial charge on any atom is -0.403 e. The lowest BCUT2D eigenvalue weighted by atomic mass is 9.87. The second-order valence-corrected chi connectivity index (χ2v) is 8.76. The van der Waals surface area contributed by atoms with Gasteiger partial charge < -0.3 is 4.42 Å². The fourth-order valence-electron chi connectivity index (χ4n) is 2.96. The average molecular weight is 396 g/mol. The van der Waals surface area contributed by atoms with Crippen LogP contribution in [-0.4, -0.2) is 4.98 Å². The molecule has 0 atom stereocenters. The summed E-state index contributed by atoms with van der Waals surface area (Å²) in [6.45, 7) is 6.49. The van der Waals surface area contributed by atoms with Gasteiger partial charge in [-0.25, -0.2) is 9.78 Å². The molecule has 0 aliphatic rings. The Hall–Kier alpha value is -2.43. The highest BCUT2D eigenvalue weighted by Gasteiger charge is 2.17. The molecule has 3 nitrogen and oxygen atoms in total. The molecule has 0 bridgehead atoms. The molecule has 136 valence electrons. The number of hydrogen-bond donors (Lipinski definition) is 0. The summed E-state index contributed by atoms with van der Waals surface area (Å²) in [4.78, 5) is 18.0. The molecule has 0 unspecified atom stereocenters. The Morgan fingerprint density at radius 3 is 2.22 bits per heavy atom. The zero-order chi connectivity index (χ0) is 19.2. The Morgan fingerprint density at radius 2 is 1.59 bits per heavy atom. The van der Waals surface area contributed by atoms with Gasteiger partial charge in [0.2, 0.25) is 5.89 Å². The van der Waals surface area contributed by atoms with Crippen LogP contribution in [0.4, 0.5) is 0 Å². The molecule has 0 fully saturated rings. The van der Waals surface area contributed by atoms with E-state index in [2.05, 4.69) is 37.9 Å². The lowest BCUT2D eigenvalue weighted by Gasteiger charge is -2.18. The Labute approximate surface area is 166 Å². The van der Waals surface area contributed by atoms with Gasteiger partial charge in [-0.15, -0.1) is 11.3 Å². The Kier molecular flexibility index (Phi) is 4.41. The number of rotatable bonds is 2. The van der Waals surface area contributed by atoms with Gasteiger partial charge in [0, 0.05) is 21.5 Å². The van der Waals surface area contributed by atoms with Crippen LogP contribution < -0.4 is 5.63 Å². The van der Waals surface area contributed by atoms with E-state index in [1.165, 1.54) is 16.9 Å². The van der Waals surface area contributed by atoms with Gasteiger partial charge in [-0.1, -0.05) is 56.6 Å². The highest BCUT2D eigenvalue weighted by atomic mass is 35.5. The molecule has 2 aromatic heterocycles. The second-order valence-electron chi connectivity index (χ2n) is 7.47. The molecule has 0 saturated carbocycles.